The molecule has 5 N–H and O–H groups in total. The summed E-state index contributed by atoms with van der Waals surface area (Å²) in [7, 11) is 0. The second kappa shape index (κ2) is 10.9. The lowest BCUT2D eigenvalue weighted by Gasteiger charge is -2.05. The van der Waals surface area contributed by atoms with E-state index in [-0.39, 0.29) is 0 Å². The fraction of sp³-hybridized carbons (Fsp3) is 0.917. The molecule has 0 heterocycles. The molecule has 0 aromatic carbocycles. The molecule has 16 heavy (non-hydrogen) atoms. The first-order chi connectivity index (χ1) is 7.68. The molecule has 0 unspecified atom stereocenters. The summed E-state index contributed by atoms with van der Waals surface area (Å²) >= 11 is 0. The molecule has 0 radical (unpaired) electrons. The minimum Gasteiger partial charge on any atom is -0.480 e. The van der Waals surface area contributed by atoms with E-state index in [9.17, 15) is 4.79 Å². The van der Waals surface area contributed by atoms with Crippen LogP contribution in [0.2, 0.25) is 0 Å². The molecule has 0 aromatic heterocycles. The van der Waals surface area contributed by atoms with Crippen LogP contribution in [-0.2, 0) is 4.79 Å². The quantitative estimate of drug-likeness (QED) is 0.473. The Morgan fingerprint density at radius 3 is 1.81 bits per heavy atom. The number of hydrogen-bond acceptors (Lipinski definition) is 3. The summed E-state index contributed by atoms with van der Waals surface area (Å²) < 4.78 is 0. The van der Waals surface area contributed by atoms with E-state index in [0.717, 1.165) is 25.8 Å². The van der Waals surface area contributed by atoms with Gasteiger partial charge in [0.1, 0.15) is 6.04 Å². The molecule has 0 bridgehead atoms. The molecule has 0 aliphatic rings. The van der Waals surface area contributed by atoms with Gasteiger partial charge in [-0.1, -0.05) is 44.9 Å². The van der Waals surface area contributed by atoms with Crippen molar-refractivity contribution in [2.45, 2.75) is 63.8 Å². The molecule has 0 aromatic rings. The van der Waals surface area contributed by atoms with Crippen LogP contribution < -0.4 is 11.5 Å². The first kappa shape index (κ1) is 15.4. The highest BCUT2D eigenvalue weighted by Gasteiger charge is 2.09. The van der Waals surface area contributed by atoms with Gasteiger partial charge in [-0.15, -0.1) is 0 Å². The lowest BCUT2D eigenvalue weighted by molar-refractivity contribution is -0.138. The van der Waals surface area contributed by atoms with Gasteiger partial charge in [0.05, 0.1) is 0 Å². The summed E-state index contributed by atoms with van der Waals surface area (Å²) in [5.41, 5.74) is 10.8. The Morgan fingerprint density at radius 2 is 1.38 bits per heavy atom. The first-order valence-corrected chi connectivity index (χ1v) is 6.37. The molecule has 0 rings (SSSR count). The van der Waals surface area contributed by atoms with Crippen LogP contribution in [0.25, 0.3) is 0 Å². The van der Waals surface area contributed by atoms with Crippen molar-refractivity contribution in [2.24, 2.45) is 11.5 Å². The van der Waals surface area contributed by atoms with E-state index in [1.165, 1.54) is 32.1 Å². The number of nitrogens with two attached hydrogens (primary N) is 2. The second-order valence-electron chi connectivity index (χ2n) is 4.35. The van der Waals surface area contributed by atoms with E-state index in [4.69, 9.17) is 16.6 Å². The van der Waals surface area contributed by atoms with E-state index in [1.54, 1.807) is 0 Å². The lowest BCUT2D eigenvalue weighted by Crippen LogP contribution is -2.29. The van der Waals surface area contributed by atoms with Gasteiger partial charge in [0.25, 0.3) is 0 Å². The molecule has 0 aliphatic carbocycles. The number of aliphatic carboxylic acids is 1. The van der Waals surface area contributed by atoms with Gasteiger partial charge < -0.3 is 16.6 Å². The highest BCUT2D eigenvalue weighted by molar-refractivity contribution is 5.72. The summed E-state index contributed by atoms with van der Waals surface area (Å²) in [5, 5.41) is 8.57. The number of hydrogen-bond donors (Lipinski definition) is 3. The molecule has 0 saturated heterocycles. The zero-order valence-corrected chi connectivity index (χ0v) is 10.2. The van der Waals surface area contributed by atoms with Gasteiger partial charge in [-0.3, -0.25) is 4.79 Å². The standard InChI is InChI=1S/C12H26N2O2/c13-10-8-6-4-2-1-3-5-7-9-11(14)12(15)16/h11H,1-10,13-14H2,(H,15,16)/t11-/m0/s1. The minimum atomic E-state index is -0.887. The van der Waals surface area contributed by atoms with E-state index >= 15 is 0 Å². The van der Waals surface area contributed by atoms with Gasteiger partial charge >= 0.3 is 5.97 Å². The Labute approximate surface area is 98.4 Å². The predicted molar refractivity (Wildman–Crippen MR) is 66.2 cm³/mol. The average molecular weight is 230 g/mol. The van der Waals surface area contributed by atoms with Crippen LogP contribution in [0.1, 0.15) is 57.8 Å². The van der Waals surface area contributed by atoms with Crippen molar-refractivity contribution < 1.29 is 9.90 Å². The second-order valence-corrected chi connectivity index (χ2v) is 4.35. The molecular formula is C12H26N2O2. The Hall–Kier alpha value is -0.610. The normalized spacial score (nSPS) is 12.6. The van der Waals surface area contributed by atoms with Crippen molar-refractivity contribution in [3.8, 4) is 0 Å². The maximum Gasteiger partial charge on any atom is 0.320 e. The van der Waals surface area contributed by atoms with Crippen molar-refractivity contribution in [3.63, 3.8) is 0 Å². The van der Waals surface area contributed by atoms with Gasteiger partial charge in [0.15, 0.2) is 0 Å². The fourth-order valence-corrected chi connectivity index (χ4v) is 1.69. The largest absolute Gasteiger partial charge is 0.480 e. The molecule has 4 nitrogen and oxygen atoms in total. The van der Waals surface area contributed by atoms with Crippen LogP contribution in [0.3, 0.4) is 0 Å². The average Bonchev–Trinajstić information content (AvgIpc) is 2.26. The number of carboxylic acid groups (broad SMARTS) is 1. The fourth-order valence-electron chi connectivity index (χ4n) is 1.69. The lowest BCUT2D eigenvalue weighted by atomic mass is 10.0. The highest BCUT2D eigenvalue weighted by Crippen LogP contribution is 2.10. The molecule has 0 amide bonds. The summed E-state index contributed by atoms with van der Waals surface area (Å²) in [6, 6.07) is -0.676. The first-order valence-electron chi connectivity index (χ1n) is 6.37. The Kier molecular flexibility index (Phi) is 10.5. The number of unbranched alkanes of at least 4 members (excludes halogenated alkanes) is 7. The number of rotatable bonds is 11. The van der Waals surface area contributed by atoms with Crippen LogP contribution in [0.4, 0.5) is 0 Å². The van der Waals surface area contributed by atoms with Crippen molar-refractivity contribution >= 4 is 5.97 Å². The van der Waals surface area contributed by atoms with Crippen LogP contribution in [-0.4, -0.2) is 23.7 Å². The third-order valence-corrected chi connectivity index (χ3v) is 2.79. The maximum absolute atomic E-state index is 10.4. The van der Waals surface area contributed by atoms with E-state index in [0.29, 0.717) is 6.42 Å². The minimum absolute atomic E-state index is 0.600. The van der Waals surface area contributed by atoms with Crippen molar-refractivity contribution in [2.75, 3.05) is 6.54 Å². The third kappa shape index (κ3) is 9.93. The van der Waals surface area contributed by atoms with Gasteiger partial charge in [-0.25, -0.2) is 0 Å². The smallest absolute Gasteiger partial charge is 0.320 e. The summed E-state index contributed by atoms with van der Waals surface area (Å²) in [6.07, 6.45) is 9.96. The van der Waals surface area contributed by atoms with Crippen LogP contribution in [0, 0.1) is 0 Å². The van der Waals surface area contributed by atoms with Crippen molar-refractivity contribution in [1.29, 1.82) is 0 Å². The van der Waals surface area contributed by atoms with Gasteiger partial charge in [-0.2, -0.15) is 0 Å². The van der Waals surface area contributed by atoms with Crippen LogP contribution in [0.5, 0.6) is 0 Å². The molecule has 0 aliphatic heterocycles. The summed E-state index contributed by atoms with van der Waals surface area (Å²) in [4.78, 5) is 10.4. The monoisotopic (exact) mass is 230 g/mol. The maximum atomic E-state index is 10.4. The van der Waals surface area contributed by atoms with Gasteiger partial charge in [0, 0.05) is 0 Å². The van der Waals surface area contributed by atoms with Crippen molar-refractivity contribution in [3.05, 3.63) is 0 Å². The van der Waals surface area contributed by atoms with Gasteiger partial charge in [0.2, 0.25) is 0 Å². The zero-order valence-electron chi connectivity index (χ0n) is 10.2. The Bertz CT molecular complexity index is 174. The van der Waals surface area contributed by atoms with E-state index in [2.05, 4.69) is 0 Å². The molecule has 0 saturated carbocycles. The zero-order chi connectivity index (χ0) is 12.2. The van der Waals surface area contributed by atoms with Crippen molar-refractivity contribution in [1.82, 2.24) is 0 Å². The van der Waals surface area contributed by atoms with Gasteiger partial charge in [-0.05, 0) is 19.4 Å². The molecule has 0 fully saturated rings. The number of carboxylic acids is 1. The highest BCUT2D eigenvalue weighted by atomic mass is 16.4. The molecule has 4 heteroatoms. The molecule has 96 valence electrons. The molecular weight excluding hydrogens is 204 g/mol. The molecule has 1 atom stereocenters. The third-order valence-electron chi connectivity index (χ3n) is 2.79. The summed E-state index contributed by atoms with van der Waals surface area (Å²) in [6.45, 7) is 0.799. The Morgan fingerprint density at radius 1 is 0.938 bits per heavy atom. The summed E-state index contributed by atoms with van der Waals surface area (Å²) in [5.74, 6) is -0.887. The number of carbonyl (C=O) groups is 1. The van der Waals surface area contributed by atoms with E-state index < -0.39 is 12.0 Å². The van der Waals surface area contributed by atoms with E-state index in [1.807, 2.05) is 0 Å². The van der Waals surface area contributed by atoms with Crippen LogP contribution in [0.15, 0.2) is 0 Å². The topological polar surface area (TPSA) is 89.3 Å². The Balaban J connectivity index is 3.07. The van der Waals surface area contributed by atoms with Crippen LogP contribution >= 0.6 is 0 Å². The SMILES string of the molecule is NCCCCCCCCCC[C@H](N)C(=O)O. The molecule has 0 spiro atoms. The predicted octanol–water partition coefficient (Wildman–Crippen LogP) is 1.87.